The average Bonchev–Trinajstić information content (AvgIpc) is 2.55. The normalized spacial score (nSPS) is 24.0. The van der Waals surface area contributed by atoms with Crippen LogP contribution in [-0.2, 0) is 9.59 Å². The van der Waals surface area contributed by atoms with Gasteiger partial charge in [-0.2, -0.15) is 4.99 Å². The van der Waals surface area contributed by atoms with E-state index < -0.39 is 5.54 Å². The van der Waals surface area contributed by atoms with E-state index >= 15 is 0 Å². The van der Waals surface area contributed by atoms with E-state index in [1.165, 1.54) is 0 Å². The molecule has 1 aromatic carbocycles. The number of fused-ring (bicyclic) bond motifs is 1. The van der Waals surface area contributed by atoms with Gasteiger partial charge in [-0.15, -0.1) is 0 Å². The maximum Gasteiger partial charge on any atom is 0.250 e. The summed E-state index contributed by atoms with van der Waals surface area (Å²) >= 11 is 0. The molecular weight excluding hydrogens is 290 g/mol. The molecule has 2 heterocycles. The summed E-state index contributed by atoms with van der Waals surface area (Å²) in [6.45, 7) is 3.71. The van der Waals surface area contributed by atoms with Crippen LogP contribution in [0.15, 0.2) is 59.8 Å². The van der Waals surface area contributed by atoms with Crippen molar-refractivity contribution >= 4 is 17.6 Å². The lowest BCUT2D eigenvalue weighted by Gasteiger charge is -2.42. The smallest absolute Gasteiger partial charge is 0.250 e. The van der Waals surface area contributed by atoms with Crippen LogP contribution in [0.3, 0.4) is 0 Å². The molecule has 2 unspecified atom stereocenters. The predicted octanol–water partition coefficient (Wildman–Crippen LogP) is 2.34. The molecule has 1 N–H and O–H groups in total. The molecule has 0 aliphatic carbocycles. The van der Waals surface area contributed by atoms with Crippen molar-refractivity contribution in [2.24, 2.45) is 4.99 Å². The van der Waals surface area contributed by atoms with Gasteiger partial charge >= 0.3 is 0 Å². The van der Waals surface area contributed by atoms with Crippen molar-refractivity contribution in [3.05, 3.63) is 60.3 Å². The number of hydrogen-bond donors (Lipinski definition) is 1. The molecule has 0 spiro atoms. The Morgan fingerprint density at radius 2 is 2.04 bits per heavy atom. The van der Waals surface area contributed by atoms with Crippen molar-refractivity contribution in [1.29, 1.82) is 0 Å². The maximum absolute atomic E-state index is 12.9. The van der Waals surface area contributed by atoms with E-state index in [2.05, 4.69) is 10.3 Å². The number of allylic oxidation sites excluding steroid dienone is 2. The van der Waals surface area contributed by atoms with E-state index in [0.717, 1.165) is 5.56 Å². The summed E-state index contributed by atoms with van der Waals surface area (Å²) in [6.07, 6.45) is 7.23. The molecule has 3 rings (SSSR count). The molecule has 5 nitrogen and oxygen atoms in total. The van der Waals surface area contributed by atoms with Crippen LogP contribution in [-0.4, -0.2) is 28.1 Å². The third-order valence-corrected chi connectivity index (χ3v) is 4.24. The molecule has 2 atom stereocenters. The topological polar surface area (TPSA) is 61.8 Å². The fourth-order valence-electron chi connectivity index (χ4n) is 2.86. The standard InChI is InChI=1S/C18H19N3O2/c1-13(14-8-4-3-5-9-14)19-17(23)18(2)12-16(22)20-15-10-6-7-11-21(15)18/h3-11,13H,12H2,1-2H3,(H,19,23). The SMILES string of the molecule is CC(NC(=O)C1(C)CC(=O)N=C2C=CC=CN21)c1ccccc1. The molecule has 0 bridgehead atoms. The molecule has 118 valence electrons. The van der Waals surface area contributed by atoms with Crippen LogP contribution in [0.25, 0.3) is 0 Å². The van der Waals surface area contributed by atoms with E-state index in [1.54, 1.807) is 30.2 Å². The highest BCUT2D eigenvalue weighted by Gasteiger charge is 2.45. The number of aliphatic imine (C=N–C) groups is 1. The van der Waals surface area contributed by atoms with Crippen LogP contribution in [0.2, 0.25) is 0 Å². The summed E-state index contributed by atoms with van der Waals surface area (Å²) in [5.41, 5.74) is 0.0490. The summed E-state index contributed by atoms with van der Waals surface area (Å²) in [6, 6.07) is 9.61. The van der Waals surface area contributed by atoms with Crippen molar-refractivity contribution in [3.8, 4) is 0 Å². The Balaban J connectivity index is 1.83. The first kappa shape index (κ1) is 15.2. The Morgan fingerprint density at radius 3 is 2.78 bits per heavy atom. The lowest BCUT2D eigenvalue weighted by Crippen LogP contribution is -2.60. The molecule has 2 aliphatic rings. The first-order valence-electron chi connectivity index (χ1n) is 7.62. The summed E-state index contributed by atoms with van der Waals surface area (Å²) in [4.78, 5) is 30.6. The van der Waals surface area contributed by atoms with Crippen molar-refractivity contribution < 1.29 is 9.59 Å². The number of benzene rings is 1. The quantitative estimate of drug-likeness (QED) is 0.932. The Labute approximate surface area is 135 Å². The van der Waals surface area contributed by atoms with Gasteiger partial charge in [-0.05, 0) is 31.6 Å². The zero-order valence-corrected chi connectivity index (χ0v) is 13.2. The molecule has 23 heavy (non-hydrogen) atoms. The van der Waals surface area contributed by atoms with Crippen molar-refractivity contribution in [2.45, 2.75) is 31.8 Å². The molecular formula is C18H19N3O2. The summed E-state index contributed by atoms with van der Waals surface area (Å²) < 4.78 is 0. The second kappa shape index (κ2) is 5.83. The summed E-state index contributed by atoms with van der Waals surface area (Å²) in [7, 11) is 0. The lowest BCUT2D eigenvalue weighted by atomic mass is 9.90. The van der Waals surface area contributed by atoms with Crippen molar-refractivity contribution in [3.63, 3.8) is 0 Å². The van der Waals surface area contributed by atoms with E-state index in [0.29, 0.717) is 5.84 Å². The molecule has 0 saturated heterocycles. The van der Waals surface area contributed by atoms with Gasteiger partial charge in [0.1, 0.15) is 11.4 Å². The number of carbonyl (C=O) groups excluding carboxylic acids is 2. The Hall–Kier alpha value is -2.69. The molecule has 0 saturated carbocycles. The fourth-order valence-corrected chi connectivity index (χ4v) is 2.86. The Kier molecular flexibility index (Phi) is 3.86. The van der Waals surface area contributed by atoms with E-state index in [4.69, 9.17) is 0 Å². The lowest BCUT2D eigenvalue weighted by molar-refractivity contribution is -0.135. The van der Waals surface area contributed by atoms with Gasteiger partial charge in [0.15, 0.2) is 0 Å². The number of nitrogens with one attached hydrogen (secondary N) is 1. The number of rotatable bonds is 3. The predicted molar refractivity (Wildman–Crippen MR) is 88.6 cm³/mol. The van der Waals surface area contributed by atoms with Crippen molar-refractivity contribution in [1.82, 2.24) is 10.2 Å². The first-order valence-corrected chi connectivity index (χ1v) is 7.62. The number of carbonyl (C=O) groups is 2. The first-order chi connectivity index (χ1) is 11.0. The van der Waals surface area contributed by atoms with E-state index in [1.807, 2.05) is 43.3 Å². The third-order valence-electron chi connectivity index (χ3n) is 4.24. The van der Waals surface area contributed by atoms with Gasteiger partial charge in [0.2, 0.25) is 5.91 Å². The number of amidine groups is 1. The van der Waals surface area contributed by atoms with Gasteiger partial charge in [0.05, 0.1) is 12.5 Å². The second-order valence-corrected chi connectivity index (χ2v) is 5.99. The zero-order chi connectivity index (χ0) is 16.4. The summed E-state index contributed by atoms with van der Waals surface area (Å²) in [5.74, 6) is 0.0459. The number of amides is 2. The molecule has 2 amide bonds. The molecule has 0 radical (unpaired) electrons. The van der Waals surface area contributed by atoms with Crippen LogP contribution in [0, 0.1) is 0 Å². The fraction of sp³-hybridized carbons (Fsp3) is 0.278. The van der Waals surface area contributed by atoms with Crippen LogP contribution in [0.1, 0.15) is 31.9 Å². The van der Waals surface area contributed by atoms with Gasteiger partial charge in [-0.1, -0.05) is 36.4 Å². The van der Waals surface area contributed by atoms with Crippen LogP contribution in [0.4, 0.5) is 0 Å². The second-order valence-electron chi connectivity index (χ2n) is 5.99. The average molecular weight is 309 g/mol. The van der Waals surface area contributed by atoms with Crippen LogP contribution >= 0.6 is 0 Å². The van der Waals surface area contributed by atoms with Crippen LogP contribution < -0.4 is 5.32 Å². The van der Waals surface area contributed by atoms with Gasteiger partial charge in [0, 0.05) is 6.20 Å². The van der Waals surface area contributed by atoms with Gasteiger partial charge in [0.25, 0.3) is 5.91 Å². The minimum atomic E-state index is -0.974. The Morgan fingerprint density at radius 1 is 1.30 bits per heavy atom. The third kappa shape index (κ3) is 2.82. The van der Waals surface area contributed by atoms with E-state index in [9.17, 15) is 9.59 Å². The molecule has 0 aromatic heterocycles. The number of hydrogen-bond acceptors (Lipinski definition) is 3. The van der Waals surface area contributed by atoms with Crippen molar-refractivity contribution in [2.75, 3.05) is 0 Å². The maximum atomic E-state index is 12.9. The molecule has 2 aliphatic heterocycles. The molecule has 1 aromatic rings. The summed E-state index contributed by atoms with van der Waals surface area (Å²) in [5, 5.41) is 3.01. The number of nitrogens with zero attached hydrogens (tertiary/aromatic N) is 2. The largest absolute Gasteiger partial charge is 0.348 e. The molecule has 5 heteroatoms. The van der Waals surface area contributed by atoms with Gasteiger partial charge in [-0.3, -0.25) is 9.59 Å². The van der Waals surface area contributed by atoms with E-state index in [-0.39, 0.29) is 24.3 Å². The highest BCUT2D eigenvalue weighted by molar-refractivity contribution is 6.09. The monoisotopic (exact) mass is 309 g/mol. The zero-order valence-electron chi connectivity index (χ0n) is 13.2. The highest BCUT2D eigenvalue weighted by Crippen LogP contribution is 2.29. The minimum Gasteiger partial charge on any atom is -0.348 e. The van der Waals surface area contributed by atoms with Gasteiger partial charge in [-0.25, -0.2) is 0 Å². The molecule has 0 fully saturated rings. The van der Waals surface area contributed by atoms with Gasteiger partial charge < -0.3 is 10.2 Å². The Bertz CT molecular complexity index is 721. The minimum absolute atomic E-state index is 0.0576. The van der Waals surface area contributed by atoms with Crippen LogP contribution in [0.5, 0.6) is 0 Å². The highest BCUT2D eigenvalue weighted by atomic mass is 16.2.